The van der Waals surface area contributed by atoms with Gasteiger partial charge >= 0.3 is 5.97 Å². The van der Waals surface area contributed by atoms with Crippen molar-refractivity contribution in [2.24, 2.45) is 7.05 Å². The average Bonchev–Trinajstić information content (AvgIpc) is 2.69. The van der Waals surface area contributed by atoms with Gasteiger partial charge in [0.15, 0.2) is 5.65 Å². The van der Waals surface area contributed by atoms with Crippen molar-refractivity contribution in [1.29, 1.82) is 0 Å². The number of hydrogen-bond acceptors (Lipinski definition) is 4. The molecule has 0 radical (unpaired) electrons. The van der Waals surface area contributed by atoms with Gasteiger partial charge in [-0.3, -0.25) is 9.48 Å². The van der Waals surface area contributed by atoms with E-state index in [1.54, 1.807) is 24.9 Å². The Morgan fingerprint density at radius 3 is 2.82 bits per heavy atom. The molecule has 0 saturated heterocycles. The standard InChI is InChI=1S/C11H13N3O3/c1-6(11(15)16)7-4-12-10-8(9(7)17-3)5-13-14(10)2/h4-6H,1-3H3,(H,15,16). The van der Waals surface area contributed by atoms with Gasteiger partial charge in [0.1, 0.15) is 5.75 Å². The molecule has 0 spiro atoms. The van der Waals surface area contributed by atoms with Crippen LogP contribution in [0.5, 0.6) is 5.75 Å². The molecule has 2 aromatic rings. The van der Waals surface area contributed by atoms with E-state index < -0.39 is 11.9 Å². The van der Waals surface area contributed by atoms with Gasteiger partial charge < -0.3 is 9.84 Å². The molecular formula is C11H13N3O3. The number of aromatic nitrogens is 3. The molecule has 6 heteroatoms. The van der Waals surface area contributed by atoms with Crippen LogP contribution < -0.4 is 4.74 Å². The Hall–Kier alpha value is -2.11. The van der Waals surface area contributed by atoms with Gasteiger partial charge in [0.05, 0.1) is 24.6 Å². The van der Waals surface area contributed by atoms with Crippen LogP contribution >= 0.6 is 0 Å². The highest BCUT2D eigenvalue weighted by molar-refractivity contribution is 5.86. The Labute approximate surface area is 97.8 Å². The van der Waals surface area contributed by atoms with Gasteiger partial charge in [-0.25, -0.2) is 4.98 Å². The molecule has 6 nitrogen and oxygen atoms in total. The van der Waals surface area contributed by atoms with Crippen molar-refractivity contribution in [2.45, 2.75) is 12.8 Å². The van der Waals surface area contributed by atoms with Crippen LogP contribution in [0, 0.1) is 0 Å². The second-order valence-corrected chi connectivity index (χ2v) is 3.81. The summed E-state index contributed by atoms with van der Waals surface area (Å²) in [5, 5.41) is 13.8. The molecule has 1 atom stereocenters. The van der Waals surface area contributed by atoms with Crippen LogP contribution in [-0.4, -0.2) is 33.0 Å². The number of rotatable bonds is 3. The fraction of sp³-hybridized carbons (Fsp3) is 0.364. The molecule has 0 saturated carbocycles. The number of carboxylic acids is 1. The first-order valence-electron chi connectivity index (χ1n) is 5.13. The fourth-order valence-corrected chi connectivity index (χ4v) is 1.76. The number of methoxy groups -OCH3 is 1. The minimum absolute atomic E-state index is 0.526. The minimum Gasteiger partial charge on any atom is -0.496 e. The van der Waals surface area contributed by atoms with Crippen molar-refractivity contribution < 1.29 is 14.6 Å². The summed E-state index contributed by atoms with van der Waals surface area (Å²) in [6.07, 6.45) is 3.15. The summed E-state index contributed by atoms with van der Waals surface area (Å²) in [6, 6.07) is 0. The van der Waals surface area contributed by atoms with Crippen molar-refractivity contribution >= 4 is 17.0 Å². The zero-order valence-corrected chi connectivity index (χ0v) is 9.84. The van der Waals surface area contributed by atoms with E-state index in [1.807, 2.05) is 0 Å². The Morgan fingerprint density at radius 2 is 2.24 bits per heavy atom. The van der Waals surface area contributed by atoms with Crippen molar-refractivity contribution in [3.63, 3.8) is 0 Å². The monoisotopic (exact) mass is 235 g/mol. The average molecular weight is 235 g/mol. The molecule has 2 heterocycles. The van der Waals surface area contributed by atoms with E-state index in [1.165, 1.54) is 13.3 Å². The Kier molecular flexibility index (Phi) is 2.71. The van der Waals surface area contributed by atoms with E-state index >= 15 is 0 Å². The maximum Gasteiger partial charge on any atom is 0.310 e. The summed E-state index contributed by atoms with van der Waals surface area (Å²) in [4.78, 5) is 15.2. The lowest BCUT2D eigenvalue weighted by Crippen LogP contribution is -2.09. The Balaban J connectivity index is 2.69. The quantitative estimate of drug-likeness (QED) is 0.863. The Bertz CT molecular complexity index is 577. The van der Waals surface area contributed by atoms with Gasteiger partial charge in [0.2, 0.25) is 0 Å². The smallest absolute Gasteiger partial charge is 0.310 e. The first kappa shape index (κ1) is 11.4. The van der Waals surface area contributed by atoms with Crippen LogP contribution in [0.1, 0.15) is 18.4 Å². The van der Waals surface area contributed by atoms with Gasteiger partial charge in [-0.1, -0.05) is 0 Å². The molecule has 2 rings (SSSR count). The predicted octanol–water partition coefficient (Wildman–Crippen LogP) is 1.16. The second-order valence-electron chi connectivity index (χ2n) is 3.81. The number of pyridine rings is 1. The molecule has 0 aliphatic heterocycles. The fourth-order valence-electron chi connectivity index (χ4n) is 1.76. The first-order valence-corrected chi connectivity index (χ1v) is 5.13. The van der Waals surface area contributed by atoms with Gasteiger partial charge in [-0.05, 0) is 6.92 Å². The molecule has 0 aliphatic carbocycles. The molecule has 90 valence electrons. The lowest BCUT2D eigenvalue weighted by molar-refractivity contribution is -0.138. The van der Waals surface area contributed by atoms with Crippen molar-refractivity contribution in [2.75, 3.05) is 7.11 Å². The number of nitrogens with zero attached hydrogens (tertiary/aromatic N) is 3. The lowest BCUT2D eigenvalue weighted by atomic mass is 10.0. The highest BCUT2D eigenvalue weighted by Crippen LogP contribution is 2.32. The molecule has 1 unspecified atom stereocenters. The summed E-state index contributed by atoms with van der Waals surface area (Å²) in [5.41, 5.74) is 1.23. The highest BCUT2D eigenvalue weighted by atomic mass is 16.5. The maximum absolute atomic E-state index is 11.0. The van der Waals surface area contributed by atoms with Crippen LogP contribution in [-0.2, 0) is 11.8 Å². The summed E-state index contributed by atoms with van der Waals surface area (Å²) in [6.45, 7) is 1.60. The summed E-state index contributed by atoms with van der Waals surface area (Å²) in [5.74, 6) is -1.05. The molecular weight excluding hydrogens is 222 g/mol. The number of fused-ring (bicyclic) bond motifs is 1. The Morgan fingerprint density at radius 1 is 1.53 bits per heavy atom. The van der Waals surface area contributed by atoms with Crippen LogP contribution in [0.2, 0.25) is 0 Å². The minimum atomic E-state index is -0.909. The van der Waals surface area contributed by atoms with Gasteiger partial charge in [0, 0.05) is 18.8 Å². The molecule has 0 aliphatic rings. The third-order valence-electron chi connectivity index (χ3n) is 2.78. The van der Waals surface area contributed by atoms with E-state index in [2.05, 4.69) is 10.1 Å². The third-order valence-corrected chi connectivity index (χ3v) is 2.78. The molecule has 2 aromatic heterocycles. The van der Waals surface area contributed by atoms with E-state index in [0.717, 1.165) is 5.39 Å². The van der Waals surface area contributed by atoms with Crippen LogP contribution in [0.25, 0.3) is 11.0 Å². The van der Waals surface area contributed by atoms with E-state index in [-0.39, 0.29) is 0 Å². The molecule has 1 N–H and O–H groups in total. The van der Waals surface area contributed by atoms with Gasteiger partial charge in [-0.15, -0.1) is 0 Å². The molecule has 0 bridgehead atoms. The van der Waals surface area contributed by atoms with E-state index in [0.29, 0.717) is 17.0 Å². The summed E-state index contributed by atoms with van der Waals surface area (Å²) in [7, 11) is 3.29. The SMILES string of the molecule is COc1c(C(C)C(=O)O)cnc2c1cnn2C. The van der Waals surface area contributed by atoms with Gasteiger partial charge in [-0.2, -0.15) is 5.10 Å². The second kappa shape index (κ2) is 4.04. The first-order chi connectivity index (χ1) is 8.06. The molecule has 0 aromatic carbocycles. The number of ether oxygens (including phenoxy) is 1. The zero-order valence-electron chi connectivity index (χ0n) is 9.84. The van der Waals surface area contributed by atoms with Crippen LogP contribution in [0.3, 0.4) is 0 Å². The number of aryl methyl sites for hydroxylation is 1. The van der Waals surface area contributed by atoms with Gasteiger partial charge in [0.25, 0.3) is 0 Å². The van der Waals surface area contributed by atoms with E-state index in [9.17, 15) is 4.79 Å². The van der Waals surface area contributed by atoms with Crippen molar-refractivity contribution in [3.8, 4) is 5.75 Å². The maximum atomic E-state index is 11.0. The van der Waals surface area contributed by atoms with Crippen LogP contribution in [0.4, 0.5) is 0 Å². The largest absolute Gasteiger partial charge is 0.496 e. The number of hydrogen-bond donors (Lipinski definition) is 1. The third kappa shape index (κ3) is 1.71. The number of carboxylic acid groups (broad SMARTS) is 1. The summed E-state index contributed by atoms with van der Waals surface area (Å²) < 4.78 is 6.90. The highest BCUT2D eigenvalue weighted by Gasteiger charge is 2.21. The topological polar surface area (TPSA) is 77.2 Å². The molecule has 17 heavy (non-hydrogen) atoms. The van der Waals surface area contributed by atoms with Crippen LogP contribution in [0.15, 0.2) is 12.4 Å². The van der Waals surface area contributed by atoms with Crippen molar-refractivity contribution in [3.05, 3.63) is 18.0 Å². The number of aliphatic carboxylic acids is 1. The summed E-state index contributed by atoms with van der Waals surface area (Å²) >= 11 is 0. The number of carbonyl (C=O) groups is 1. The molecule has 0 amide bonds. The lowest BCUT2D eigenvalue weighted by Gasteiger charge is -2.12. The normalized spacial score (nSPS) is 12.6. The molecule has 0 fully saturated rings. The predicted molar refractivity (Wildman–Crippen MR) is 61.1 cm³/mol. The zero-order chi connectivity index (χ0) is 12.6. The van der Waals surface area contributed by atoms with Crippen molar-refractivity contribution in [1.82, 2.24) is 14.8 Å². The van der Waals surface area contributed by atoms with E-state index in [4.69, 9.17) is 9.84 Å².